The number of rotatable bonds is 1. The standard InChI is InChI=1S/C10H15O3P/c1-10(2,3)14(12,13)9-7-5-4-6-8(9)11/h4-7,11H,1-3H3,(H,12,13). The van der Waals surface area contributed by atoms with Crippen LogP contribution >= 0.6 is 7.37 Å². The molecule has 78 valence electrons. The number of phenolic OH excluding ortho intramolecular Hbond substituents is 1. The van der Waals surface area contributed by atoms with Gasteiger partial charge in [-0.15, -0.1) is 0 Å². The second kappa shape index (κ2) is 3.41. The van der Waals surface area contributed by atoms with Crippen molar-refractivity contribution >= 4 is 12.7 Å². The summed E-state index contributed by atoms with van der Waals surface area (Å²) < 4.78 is 12.1. The molecule has 0 spiro atoms. The Balaban J connectivity index is 3.31. The van der Waals surface area contributed by atoms with E-state index in [1.807, 2.05) is 0 Å². The van der Waals surface area contributed by atoms with Crippen LogP contribution in [0.25, 0.3) is 0 Å². The summed E-state index contributed by atoms with van der Waals surface area (Å²) in [6.45, 7) is 5.04. The normalized spacial score (nSPS) is 16.3. The zero-order valence-electron chi connectivity index (χ0n) is 8.56. The van der Waals surface area contributed by atoms with Crippen LogP contribution in [0.15, 0.2) is 24.3 Å². The topological polar surface area (TPSA) is 57.5 Å². The monoisotopic (exact) mass is 214 g/mol. The lowest BCUT2D eigenvalue weighted by molar-refractivity contribution is 0.449. The Labute approximate surface area is 83.9 Å². The Bertz CT molecular complexity index is 379. The van der Waals surface area contributed by atoms with Gasteiger partial charge in [0.2, 0.25) is 7.37 Å². The second-order valence-electron chi connectivity index (χ2n) is 4.24. The third-order valence-electron chi connectivity index (χ3n) is 2.12. The van der Waals surface area contributed by atoms with Gasteiger partial charge in [-0.05, 0) is 12.1 Å². The van der Waals surface area contributed by atoms with Crippen molar-refractivity contribution in [1.29, 1.82) is 0 Å². The van der Waals surface area contributed by atoms with E-state index < -0.39 is 12.5 Å². The number of phenols is 1. The molecule has 1 atom stereocenters. The molecule has 1 aromatic carbocycles. The molecule has 1 unspecified atom stereocenters. The van der Waals surface area contributed by atoms with Crippen molar-refractivity contribution in [3.8, 4) is 5.75 Å². The van der Waals surface area contributed by atoms with Crippen molar-refractivity contribution in [2.75, 3.05) is 0 Å². The van der Waals surface area contributed by atoms with Crippen LogP contribution in [-0.4, -0.2) is 15.2 Å². The van der Waals surface area contributed by atoms with Crippen molar-refractivity contribution in [2.24, 2.45) is 0 Å². The van der Waals surface area contributed by atoms with E-state index in [0.29, 0.717) is 0 Å². The van der Waals surface area contributed by atoms with E-state index in [-0.39, 0.29) is 11.1 Å². The molecular weight excluding hydrogens is 199 g/mol. The molecule has 0 heterocycles. The van der Waals surface area contributed by atoms with Gasteiger partial charge in [-0.1, -0.05) is 32.9 Å². The predicted molar refractivity (Wildman–Crippen MR) is 57.3 cm³/mol. The highest BCUT2D eigenvalue weighted by atomic mass is 31.2. The highest BCUT2D eigenvalue weighted by Crippen LogP contribution is 2.54. The van der Waals surface area contributed by atoms with Crippen molar-refractivity contribution in [2.45, 2.75) is 25.9 Å². The molecule has 0 aliphatic rings. The SMILES string of the molecule is CC(C)(C)P(=O)(O)c1ccccc1O. The smallest absolute Gasteiger partial charge is 0.238 e. The molecule has 2 N–H and O–H groups in total. The fraction of sp³-hybridized carbons (Fsp3) is 0.400. The first-order chi connectivity index (χ1) is 6.27. The summed E-state index contributed by atoms with van der Waals surface area (Å²) in [5, 5.41) is 8.85. The van der Waals surface area contributed by atoms with E-state index in [4.69, 9.17) is 0 Å². The molecule has 0 fully saturated rings. The molecule has 14 heavy (non-hydrogen) atoms. The Morgan fingerprint density at radius 1 is 1.21 bits per heavy atom. The lowest BCUT2D eigenvalue weighted by Gasteiger charge is -2.26. The number of para-hydroxylation sites is 1. The Morgan fingerprint density at radius 3 is 2.14 bits per heavy atom. The van der Waals surface area contributed by atoms with Crippen LogP contribution in [0.4, 0.5) is 0 Å². The fourth-order valence-electron chi connectivity index (χ4n) is 1.08. The van der Waals surface area contributed by atoms with Gasteiger partial charge >= 0.3 is 0 Å². The number of hydrogen-bond acceptors (Lipinski definition) is 2. The lowest BCUT2D eigenvalue weighted by Crippen LogP contribution is -2.22. The molecule has 3 nitrogen and oxygen atoms in total. The molecule has 0 aliphatic heterocycles. The summed E-state index contributed by atoms with van der Waals surface area (Å²) >= 11 is 0. The lowest BCUT2D eigenvalue weighted by atomic mass is 10.3. The molecule has 0 aliphatic carbocycles. The molecule has 0 bridgehead atoms. The zero-order chi connectivity index (χ0) is 11.0. The summed E-state index contributed by atoms with van der Waals surface area (Å²) in [6.07, 6.45) is 0. The fourth-order valence-corrected chi connectivity index (χ4v) is 2.48. The van der Waals surface area contributed by atoms with Crippen LogP contribution in [0, 0.1) is 0 Å². The summed E-state index contributed by atoms with van der Waals surface area (Å²) in [6, 6.07) is 6.18. The maximum Gasteiger partial charge on any atom is 0.238 e. The van der Waals surface area contributed by atoms with E-state index in [1.54, 1.807) is 32.9 Å². The first kappa shape index (κ1) is 11.3. The quantitative estimate of drug-likeness (QED) is 0.704. The molecule has 0 saturated carbocycles. The third-order valence-corrected chi connectivity index (χ3v) is 4.97. The Hall–Kier alpha value is -0.790. The van der Waals surface area contributed by atoms with Crippen LogP contribution in [-0.2, 0) is 4.57 Å². The van der Waals surface area contributed by atoms with Gasteiger partial charge in [-0.2, -0.15) is 0 Å². The summed E-state index contributed by atoms with van der Waals surface area (Å²) in [7, 11) is -3.52. The second-order valence-corrected chi connectivity index (χ2v) is 7.21. The zero-order valence-corrected chi connectivity index (χ0v) is 9.45. The number of benzene rings is 1. The van der Waals surface area contributed by atoms with Crippen molar-refractivity contribution in [3.05, 3.63) is 24.3 Å². The van der Waals surface area contributed by atoms with Gasteiger partial charge in [0.05, 0.1) is 5.30 Å². The van der Waals surface area contributed by atoms with E-state index in [0.717, 1.165) is 0 Å². The maximum atomic E-state index is 12.1. The molecular formula is C10H15O3P. The highest BCUT2D eigenvalue weighted by molar-refractivity contribution is 7.67. The molecule has 0 radical (unpaired) electrons. The van der Waals surface area contributed by atoms with E-state index >= 15 is 0 Å². The molecule has 0 saturated heterocycles. The minimum absolute atomic E-state index is 0.117. The van der Waals surface area contributed by atoms with E-state index in [1.165, 1.54) is 12.1 Å². The molecule has 4 heteroatoms. The molecule has 1 aromatic rings. The minimum Gasteiger partial charge on any atom is -0.507 e. The maximum absolute atomic E-state index is 12.1. The first-order valence-corrected chi connectivity index (χ1v) is 6.04. The van der Waals surface area contributed by atoms with Crippen LogP contribution in [0.3, 0.4) is 0 Å². The first-order valence-electron chi connectivity index (χ1n) is 4.38. The average Bonchev–Trinajstić information content (AvgIpc) is 2.02. The van der Waals surface area contributed by atoms with Gasteiger partial charge in [0, 0.05) is 5.16 Å². The summed E-state index contributed by atoms with van der Waals surface area (Å²) in [5.74, 6) is -0.117. The van der Waals surface area contributed by atoms with Crippen LogP contribution in [0.2, 0.25) is 0 Å². The van der Waals surface area contributed by atoms with E-state index in [2.05, 4.69) is 0 Å². The van der Waals surface area contributed by atoms with Gasteiger partial charge in [0.15, 0.2) is 0 Å². The highest BCUT2D eigenvalue weighted by Gasteiger charge is 2.37. The summed E-state index contributed by atoms with van der Waals surface area (Å²) in [4.78, 5) is 9.90. The van der Waals surface area contributed by atoms with Crippen molar-refractivity contribution < 1.29 is 14.6 Å². The van der Waals surface area contributed by atoms with E-state index in [9.17, 15) is 14.6 Å². The largest absolute Gasteiger partial charge is 0.507 e. The van der Waals surface area contributed by atoms with Crippen LogP contribution in [0.5, 0.6) is 5.75 Å². The van der Waals surface area contributed by atoms with Crippen molar-refractivity contribution in [3.63, 3.8) is 0 Å². The third kappa shape index (κ3) is 1.84. The minimum atomic E-state index is -3.52. The number of aromatic hydroxyl groups is 1. The molecule has 0 aromatic heterocycles. The van der Waals surface area contributed by atoms with Crippen LogP contribution < -0.4 is 5.30 Å². The van der Waals surface area contributed by atoms with Gasteiger partial charge in [0.25, 0.3) is 0 Å². The Kier molecular flexibility index (Phi) is 2.75. The summed E-state index contributed by atoms with van der Waals surface area (Å²) in [5.41, 5.74) is 0. The van der Waals surface area contributed by atoms with Gasteiger partial charge < -0.3 is 10.00 Å². The number of hydrogen-bond donors (Lipinski definition) is 2. The van der Waals surface area contributed by atoms with Gasteiger partial charge in [-0.3, -0.25) is 4.57 Å². The molecule has 0 amide bonds. The average molecular weight is 214 g/mol. The van der Waals surface area contributed by atoms with Crippen LogP contribution in [0.1, 0.15) is 20.8 Å². The van der Waals surface area contributed by atoms with Gasteiger partial charge in [-0.25, -0.2) is 0 Å². The Morgan fingerprint density at radius 2 is 1.71 bits per heavy atom. The van der Waals surface area contributed by atoms with Crippen molar-refractivity contribution in [1.82, 2.24) is 0 Å². The predicted octanol–water partition coefficient (Wildman–Crippen LogP) is 2.09. The van der Waals surface area contributed by atoms with Gasteiger partial charge in [0.1, 0.15) is 5.75 Å². The molecule has 1 rings (SSSR count).